The fraction of sp³-hybridized carbons (Fsp3) is 0.188. The number of aromatic hydroxyl groups is 1. The van der Waals surface area contributed by atoms with Gasteiger partial charge in [-0.2, -0.15) is 0 Å². The smallest absolute Gasteiger partial charge is 0.245 e. The molecule has 1 unspecified atom stereocenters. The van der Waals surface area contributed by atoms with Crippen LogP contribution in [0.15, 0.2) is 42.5 Å². The van der Waals surface area contributed by atoms with Crippen molar-refractivity contribution in [2.75, 3.05) is 5.32 Å². The zero-order valence-electron chi connectivity index (χ0n) is 11.6. The fourth-order valence-electron chi connectivity index (χ4n) is 1.92. The molecular weight excluding hydrogens is 252 g/mol. The molecule has 104 valence electrons. The third kappa shape index (κ3) is 3.16. The molecule has 4 nitrogen and oxygen atoms in total. The normalized spacial score (nSPS) is 11.9. The minimum Gasteiger partial charge on any atom is -0.508 e. The molecule has 0 heterocycles. The minimum atomic E-state index is -0.719. The minimum absolute atomic E-state index is 0.170. The molecule has 0 spiro atoms. The van der Waals surface area contributed by atoms with Crippen LogP contribution in [0.25, 0.3) is 0 Å². The summed E-state index contributed by atoms with van der Waals surface area (Å²) in [7, 11) is 0. The van der Waals surface area contributed by atoms with Crippen LogP contribution in [-0.4, -0.2) is 11.0 Å². The van der Waals surface area contributed by atoms with Crippen molar-refractivity contribution in [2.45, 2.75) is 19.9 Å². The first-order valence-corrected chi connectivity index (χ1v) is 6.40. The number of anilines is 1. The Hall–Kier alpha value is -2.33. The number of nitrogens with one attached hydrogen (secondary N) is 1. The Kier molecular flexibility index (Phi) is 4.05. The molecule has 20 heavy (non-hydrogen) atoms. The number of nitrogens with two attached hydrogens (primary N) is 1. The summed E-state index contributed by atoms with van der Waals surface area (Å²) in [4.78, 5) is 12.1. The number of amides is 1. The summed E-state index contributed by atoms with van der Waals surface area (Å²) in [6.45, 7) is 3.79. The predicted molar refractivity (Wildman–Crippen MR) is 79.6 cm³/mol. The number of carbonyl (C=O) groups is 1. The van der Waals surface area contributed by atoms with E-state index in [1.807, 2.05) is 38.1 Å². The number of rotatable bonds is 3. The van der Waals surface area contributed by atoms with E-state index >= 15 is 0 Å². The molecule has 1 atom stereocenters. The highest BCUT2D eigenvalue weighted by Crippen LogP contribution is 2.21. The molecule has 0 aliphatic rings. The molecule has 1 amide bonds. The van der Waals surface area contributed by atoms with Gasteiger partial charge in [-0.25, -0.2) is 0 Å². The zero-order chi connectivity index (χ0) is 14.7. The van der Waals surface area contributed by atoms with Crippen molar-refractivity contribution in [2.24, 2.45) is 5.73 Å². The van der Waals surface area contributed by atoms with Crippen molar-refractivity contribution in [3.63, 3.8) is 0 Å². The number of phenolic OH excluding ortho intramolecular Hbond substituents is 1. The largest absolute Gasteiger partial charge is 0.508 e. The van der Waals surface area contributed by atoms with Crippen LogP contribution in [-0.2, 0) is 4.79 Å². The number of benzene rings is 2. The van der Waals surface area contributed by atoms with Crippen LogP contribution < -0.4 is 11.1 Å². The summed E-state index contributed by atoms with van der Waals surface area (Å²) >= 11 is 0. The van der Waals surface area contributed by atoms with E-state index in [2.05, 4.69) is 5.32 Å². The third-order valence-corrected chi connectivity index (χ3v) is 3.19. The second kappa shape index (κ2) is 5.75. The predicted octanol–water partition coefficient (Wildman–Crippen LogP) is 2.65. The van der Waals surface area contributed by atoms with Gasteiger partial charge in [-0.15, -0.1) is 0 Å². The molecule has 0 saturated carbocycles. The molecule has 0 aliphatic carbocycles. The summed E-state index contributed by atoms with van der Waals surface area (Å²) in [5, 5.41) is 12.1. The van der Waals surface area contributed by atoms with Gasteiger partial charge in [-0.1, -0.05) is 29.8 Å². The van der Waals surface area contributed by atoms with Crippen LogP contribution in [0.4, 0.5) is 5.69 Å². The maximum atomic E-state index is 12.1. The Bertz CT molecular complexity index is 621. The van der Waals surface area contributed by atoms with Crippen molar-refractivity contribution < 1.29 is 9.90 Å². The summed E-state index contributed by atoms with van der Waals surface area (Å²) in [6.07, 6.45) is 0. The van der Waals surface area contributed by atoms with Gasteiger partial charge in [0.15, 0.2) is 0 Å². The van der Waals surface area contributed by atoms with Gasteiger partial charge in [0.25, 0.3) is 0 Å². The highest BCUT2D eigenvalue weighted by atomic mass is 16.3. The lowest BCUT2D eigenvalue weighted by Crippen LogP contribution is -2.27. The van der Waals surface area contributed by atoms with E-state index in [0.717, 1.165) is 16.7 Å². The van der Waals surface area contributed by atoms with Gasteiger partial charge >= 0.3 is 0 Å². The Balaban J connectivity index is 2.13. The molecule has 4 N–H and O–H groups in total. The summed E-state index contributed by atoms with van der Waals surface area (Å²) in [5.74, 6) is -0.106. The van der Waals surface area contributed by atoms with E-state index in [9.17, 15) is 9.90 Å². The molecule has 0 bridgehead atoms. The quantitative estimate of drug-likeness (QED) is 0.750. The van der Waals surface area contributed by atoms with E-state index in [1.165, 1.54) is 6.07 Å². The molecule has 0 saturated heterocycles. The lowest BCUT2D eigenvalue weighted by atomic mass is 10.0. The number of phenols is 1. The number of aryl methyl sites for hydroxylation is 2. The average Bonchev–Trinajstić information content (AvgIpc) is 2.42. The Morgan fingerprint density at radius 2 is 1.80 bits per heavy atom. The van der Waals surface area contributed by atoms with Gasteiger partial charge in [0.1, 0.15) is 11.8 Å². The molecular formula is C16H18N2O2. The van der Waals surface area contributed by atoms with Crippen molar-refractivity contribution in [1.29, 1.82) is 0 Å². The zero-order valence-corrected chi connectivity index (χ0v) is 11.6. The molecule has 4 heteroatoms. The average molecular weight is 270 g/mol. The maximum Gasteiger partial charge on any atom is 0.245 e. The first-order valence-electron chi connectivity index (χ1n) is 6.40. The number of hydrogen-bond acceptors (Lipinski definition) is 3. The molecule has 0 radical (unpaired) electrons. The van der Waals surface area contributed by atoms with E-state index in [0.29, 0.717) is 5.69 Å². The van der Waals surface area contributed by atoms with Gasteiger partial charge in [0, 0.05) is 5.69 Å². The van der Waals surface area contributed by atoms with Gasteiger partial charge in [0.2, 0.25) is 5.91 Å². The van der Waals surface area contributed by atoms with Crippen molar-refractivity contribution in [3.8, 4) is 5.75 Å². The van der Waals surface area contributed by atoms with Crippen LogP contribution in [0, 0.1) is 13.8 Å². The van der Waals surface area contributed by atoms with Gasteiger partial charge in [0.05, 0.1) is 0 Å². The monoisotopic (exact) mass is 270 g/mol. The first-order chi connectivity index (χ1) is 9.47. The lowest BCUT2D eigenvalue weighted by Gasteiger charge is -2.14. The Morgan fingerprint density at radius 3 is 2.40 bits per heavy atom. The van der Waals surface area contributed by atoms with E-state index < -0.39 is 6.04 Å². The Morgan fingerprint density at radius 1 is 1.15 bits per heavy atom. The van der Waals surface area contributed by atoms with Crippen LogP contribution in [0.3, 0.4) is 0 Å². The summed E-state index contributed by atoms with van der Waals surface area (Å²) < 4.78 is 0. The maximum absolute atomic E-state index is 12.1. The molecule has 2 aromatic rings. The molecule has 0 aliphatic heterocycles. The van der Waals surface area contributed by atoms with E-state index in [-0.39, 0.29) is 11.7 Å². The van der Waals surface area contributed by atoms with Crippen molar-refractivity contribution in [3.05, 3.63) is 59.2 Å². The molecule has 2 rings (SSSR count). The van der Waals surface area contributed by atoms with E-state index in [4.69, 9.17) is 5.73 Å². The fourth-order valence-corrected chi connectivity index (χ4v) is 1.92. The Labute approximate surface area is 118 Å². The van der Waals surface area contributed by atoms with Gasteiger partial charge in [-0.05, 0) is 43.2 Å². The number of hydrogen-bond donors (Lipinski definition) is 3. The molecule has 2 aromatic carbocycles. The summed E-state index contributed by atoms with van der Waals surface area (Å²) in [5.41, 5.74) is 9.28. The topological polar surface area (TPSA) is 75.4 Å². The van der Waals surface area contributed by atoms with E-state index in [1.54, 1.807) is 12.1 Å². The highest BCUT2D eigenvalue weighted by Gasteiger charge is 2.16. The van der Waals surface area contributed by atoms with Gasteiger partial charge < -0.3 is 16.2 Å². The highest BCUT2D eigenvalue weighted by molar-refractivity contribution is 5.96. The standard InChI is InChI=1S/C16H18N2O2/c1-10-3-5-12(6-4-10)15(17)16(20)18-14-8-7-13(19)9-11(14)2/h3-9,15,19H,17H2,1-2H3,(H,18,20). The van der Waals surface area contributed by atoms with Crippen LogP contribution in [0.1, 0.15) is 22.7 Å². The second-order valence-corrected chi connectivity index (χ2v) is 4.88. The SMILES string of the molecule is Cc1ccc(C(N)C(=O)Nc2ccc(O)cc2C)cc1. The first kappa shape index (κ1) is 14.1. The van der Waals surface area contributed by atoms with Crippen molar-refractivity contribution in [1.82, 2.24) is 0 Å². The summed E-state index contributed by atoms with van der Waals surface area (Å²) in [6, 6.07) is 11.6. The van der Waals surface area contributed by atoms with Crippen LogP contribution in [0.2, 0.25) is 0 Å². The van der Waals surface area contributed by atoms with Gasteiger partial charge in [-0.3, -0.25) is 4.79 Å². The third-order valence-electron chi connectivity index (χ3n) is 3.19. The molecule has 0 fully saturated rings. The molecule has 0 aromatic heterocycles. The second-order valence-electron chi connectivity index (χ2n) is 4.88. The lowest BCUT2D eigenvalue weighted by molar-refractivity contribution is -0.117. The van der Waals surface area contributed by atoms with Crippen LogP contribution in [0.5, 0.6) is 5.75 Å². The number of carbonyl (C=O) groups excluding carboxylic acids is 1. The van der Waals surface area contributed by atoms with Crippen LogP contribution >= 0.6 is 0 Å². The van der Waals surface area contributed by atoms with Crippen molar-refractivity contribution >= 4 is 11.6 Å².